The molecule has 0 spiro atoms. The Morgan fingerprint density at radius 1 is 1.04 bits per heavy atom. The van der Waals surface area contributed by atoms with Crippen molar-refractivity contribution < 1.29 is 5.11 Å². The summed E-state index contributed by atoms with van der Waals surface area (Å²) >= 11 is 0.984. The second-order valence-corrected chi connectivity index (χ2v) is 5.42. The standard InChI is InChI=1S/C14H8N6O2S/c1-6-9(4-16)14(23-10(6)5-17)20-19-11-7(2)8(3-15)12(21)18-13(11)22/h1-2H3,(H2,18,21,22). The Bertz CT molecular complexity index is 1010. The summed E-state index contributed by atoms with van der Waals surface area (Å²) in [5.41, 5.74) is -0.0848. The zero-order valence-corrected chi connectivity index (χ0v) is 12.8. The Balaban J connectivity index is 2.60. The monoisotopic (exact) mass is 324 g/mol. The van der Waals surface area contributed by atoms with Crippen molar-refractivity contribution in [2.75, 3.05) is 0 Å². The normalized spacial score (nSPS) is 10.2. The highest BCUT2D eigenvalue weighted by Gasteiger charge is 2.16. The summed E-state index contributed by atoms with van der Waals surface area (Å²) in [5.74, 6) is -0.537. The number of H-pyrrole nitrogens is 1. The van der Waals surface area contributed by atoms with Crippen LogP contribution in [0.25, 0.3) is 0 Å². The quantitative estimate of drug-likeness (QED) is 0.814. The molecule has 2 aromatic rings. The second kappa shape index (κ2) is 6.10. The highest BCUT2D eigenvalue weighted by atomic mass is 32.1. The van der Waals surface area contributed by atoms with Crippen molar-refractivity contribution in [1.82, 2.24) is 4.98 Å². The van der Waals surface area contributed by atoms with Crippen LogP contribution in [0.5, 0.6) is 5.88 Å². The summed E-state index contributed by atoms with van der Waals surface area (Å²) in [4.78, 5) is 14.3. The molecular formula is C14H8N6O2S. The lowest BCUT2D eigenvalue weighted by atomic mass is 10.1. The molecule has 0 aliphatic carbocycles. The first-order valence-electron chi connectivity index (χ1n) is 6.15. The van der Waals surface area contributed by atoms with Crippen LogP contribution >= 0.6 is 11.3 Å². The van der Waals surface area contributed by atoms with Gasteiger partial charge in [-0.3, -0.25) is 9.78 Å². The molecule has 0 saturated carbocycles. The van der Waals surface area contributed by atoms with E-state index in [0.29, 0.717) is 10.4 Å². The van der Waals surface area contributed by atoms with E-state index in [1.807, 2.05) is 12.1 Å². The smallest absolute Gasteiger partial charge is 0.278 e. The molecule has 8 nitrogen and oxygen atoms in total. The van der Waals surface area contributed by atoms with E-state index in [1.54, 1.807) is 13.0 Å². The fraction of sp³-hybridized carbons (Fsp3) is 0.143. The average Bonchev–Trinajstić information content (AvgIpc) is 2.82. The Hall–Kier alpha value is -3.48. The minimum atomic E-state index is -0.713. The molecule has 2 rings (SSSR count). The van der Waals surface area contributed by atoms with Crippen LogP contribution in [0.4, 0.5) is 10.7 Å². The van der Waals surface area contributed by atoms with Crippen molar-refractivity contribution >= 4 is 22.0 Å². The first-order valence-corrected chi connectivity index (χ1v) is 6.97. The fourth-order valence-electron chi connectivity index (χ4n) is 1.86. The Morgan fingerprint density at radius 3 is 2.26 bits per heavy atom. The second-order valence-electron chi connectivity index (χ2n) is 4.42. The molecule has 0 aliphatic heterocycles. The van der Waals surface area contributed by atoms with Gasteiger partial charge < -0.3 is 5.11 Å². The molecule has 0 radical (unpaired) electrons. The highest BCUT2D eigenvalue weighted by Crippen LogP contribution is 2.35. The zero-order valence-electron chi connectivity index (χ0n) is 12.0. The van der Waals surface area contributed by atoms with Gasteiger partial charge in [0.15, 0.2) is 10.7 Å². The number of pyridine rings is 1. The molecule has 2 heterocycles. The molecule has 0 aliphatic rings. The molecule has 23 heavy (non-hydrogen) atoms. The van der Waals surface area contributed by atoms with Gasteiger partial charge in [0, 0.05) is 5.56 Å². The van der Waals surface area contributed by atoms with Crippen LogP contribution in [0.1, 0.15) is 27.1 Å². The van der Waals surface area contributed by atoms with E-state index in [1.165, 1.54) is 6.92 Å². The SMILES string of the molecule is Cc1c(C#N)sc(N=Nc2c(C)c(C#N)c(O)[nH]c2=O)c1C#N. The van der Waals surface area contributed by atoms with Gasteiger partial charge in [-0.05, 0) is 19.4 Å². The fourth-order valence-corrected chi connectivity index (χ4v) is 2.73. The van der Waals surface area contributed by atoms with Crippen molar-refractivity contribution in [1.29, 1.82) is 15.8 Å². The molecular weight excluding hydrogens is 316 g/mol. The maximum Gasteiger partial charge on any atom is 0.278 e. The number of nitrogens with one attached hydrogen (secondary N) is 1. The molecule has 0 fully saturated rings. The molecule has 112 valence electrons. The minimum absolute atomic E-state index is 0.112. The number of aromatic nitrogens is 1. The van der Waals surface area contributed by atoms with Gasteiger partial charge in [-0.1, -0.05) is 0 Å². The van der Waals surface area contributed by atoms with Gasteiger partial charge in [-0.2, -0.15) is 15.8 Å². The molecule has 0 unspecified atom stereocenters. The van der Waals surface area contributed by atoms with Gasteiger partial charge in [-0.15, -0.1) is 21.6 Å². The Morgan fingerprint density at radius 2 is 1.70 bits per heavy atom. The third kappa shape index (κ3) is 2.67. The van der Waals surface area contributed by atoms with Gasteiger partial charge in [-0.25, -0.2) is 0 Å². The highest BCUT2D eigenvalue weighted by molar-refractivity contribution is 7.16. The summed E-state index contributed by atoms with van der Waals surface area (Å²) in [6.07, 6.45) is 0. The molecule has 0 saturated heterocycles. The molecule has 2 aromatic heterocycles. The van der Waals surface area contributed by atoms with Crippen LogP contribution in [-0.2, 0) is 0 Å². The number of aromatic hydroxyl groups is 1. The average molecular weight is 324 g/mol. The number of rotatable bonds is 2. The van der Waals surface area contributed by atoms with E-state index in [4.69, 9.17) is 15.8 Å². The lowest BCUT2D eigenvalue weighted by Crippen LogP contribution is -2.08. The molecule has 2 N–H and O–H groups in total. The van der Waals surface area contributed by atoms with Gasteiger partial charge in [0.2, 0.25) is 5.88 Å². The zero-order chi connectivity index (χ0) is 17.1. The van der Waals surface area contributed by atoms with E-state index >= 15 is 0 Å². The number of nitriles is 3. The Labute approximate surface area is 134 Å². The van der Waals surface area contributed by atoms with Gasteiger partial charge in [0.25, 0.3) is 5.56 Å². The van der Waals surface area contributed by atoms with Crippen LogP contribution in [0, 0.1) is 47.8 Å². The van der Waals surface area contributed by atoms with Gasteiger partial charge in [0.05, 0.1) is 5.56 Å². The van der Waals surface area contributed by atoms with Crippen LogP contribution in [-0.4, -0.2) is 10.1 Å². The minimum Gasteiger partial charge on any atom is -0.494 e. The Kier molecular flexibility index (Phi) is 4.22. The maximum atomic E-state index is 11.8. The van der Waals surface area contributed by atoms with E-state index in [2.05, 4.69) is 15.2 Å². The van der Waals surface area contributed by atoms with Crippen LogP contribution in [0.3, 0.4) is 0 Å². The summed E-state index contributed by atoms with van der Waals surface area (Å²) in [6.45, 7) is 3.08. The van der Waals surface area contributed by atoms with Crippen LogP contribution in [0.2, 0.25) is 0 Å². The lowest BCUT2D eigenvalue weighted by molar-refractivity contribution is 0.449. The van der Waals surface area contributed by atoms with Crippen LogP contribution < -0.4 is 5.56 Å². The molecule has 9 heteroatoms. The number of hydrogen-bond acceptors (Lipinski definition) is 8. The van der Waals surface area contributed by atoms with Crippen LogP contribution in [0.15, 0.2) is 15.0 Å². The molecule has 0 amide bonds. The number of aromatic amines is 1. The third-order valence-corrected chi connectivity index (χ3v) is 4.19. The molecule has 0 bridgehead atoms. The van der Waals surface area contributed by atoms with E-state index in [-0.39, 0.29) is 27.4 Å². The predicted molar refractivity (Wildman–Crippen MR) is 80.8 cm³/mol. The topological polar surface area (TPSA) is 149 Å². The first-order chi connectivity index (χ1) is 10.9. The molecule has 0 aromatic carbocycles. The number of thiophene rings is 1. The van der Waals surface area contributed by atoms with E-state index < -0.39 is 11.4 Å². The summed E-state index contributed by atoms with van der Waals surface area (Å²) < 4.78 is 0. The van der Waals surface area contributed by atoms with Crippen molar-refractivity contribution in [3.63, 3.8) is 0 Å². The maximum absolute atomic E-state index is 11.8. The lowest BCUT2D eigenvalue weighted by Gasteiger charge is -2.02. The van der Waals surface area contributed by atoms with Gasteiger partial charge >= 0.3 is 0 Å². The first kappa shape index (κ1) is 15.9. The largest absolute Gasteiger partial charge is 0.494 e. The predicted octanol–water partition coefficient (Wildman–Crippen LogP) is 2.79. The summed E-state index contributed by atoms with van der Waals surface area (Å²) in [7, 11) is 0. The number of azo groups is 1. The molecule has 0 atom stereocenters. The van der Waals surface area contributed by atoms with Crippen molar-refractivity contribution in [3.8, 4) is 24.1 Å². The van der Waals surface area contributed by atoms with Gasteiger partial charge in [0.1, 0.15) is 28.6 Å². The van der Waals surface area contributed by atoms with E-state index in [9.17, 15) is 9.90 Å². The summed E-state index contributed by atoms with van der Waals surface area (Å²) in [5, 5.41) is 44.5. The number of nitrogens with zero attached hydrogens (tertiary/aromatic N) is 5. The number of hydrogen-bond donors (Lipinski definition) is 2. The third-order valence-electron chi connectivity index (χ3n) is 3.11. The summed E-state index contributed by atoms with van der Waals surface area (Å²) in [6, 6.07) is 5.66. The van der Waals surface area contributed by atoms with Crippen molar-refractivity contribution in [2.24, 2.45) is 10.2 Å². The van der Waals surface area contributed by atoms with Crippen molar-refractivity contribution in [3.05, 3.63) is 37.5 Å². The van der Waals surface area contributed by atoms with Crippen molar-refractivity contribution in [2.45, 2.75) is 13.8 Å². The van der Waals surface area contributed by atoms with E-state index in [0.717, 1.165) is 11.3 Å².